The van der Waals surface area contributed by atoms with E-state index in [2.05, 4.69) is 20.8 Å². The Morgan fingerprint density at radius 2 is 1.80 bits per heavy atom. The van der Waals surface area contributed by atoms with E-state index in [-0.39, 0.29) is 11.7 Å². The zero-order chi connectivity index (χ0) is 20.8. The summed E-state index contributed by atoms with van der Waals surface area (Å²) < 4.78 is 7.44. The number of nitrogens with one attached hydrogen (secondary N) is 1. The zero-order valence-corrected chi connectivity index (χ0v) is 17.0. The SMILES string of the molecule is Cc1cccc(Oc2ccc(NC(=O)CSc3nnnn3-c3ccccc3)cc2)c1. The third-order valence-electron chi connectivity index (χ3n) is 4.14. The van der Waals surface area contributed by atoms with Crippen molar-refractivity contribution in [3.8, 4) is 17.2 Å². The molecule has 1 aromatic heterocycles. The number of carbonyl (C=O) groups excluding carboxylic acids is 1. The molecule has 0 radical (unpaired) electrons. The van der Waals surface area contributed by atoms with Gasteiger partial charge in [0.15, 0.2) is 0 Å². The van der Waals surface area contributed by atoms with Crippen LogP contribution in [0.2, 0.25) is 0 Å². The minimum absolute atomic E-state index is 0.144. The van der Waals surface area contributed by atoms with Crippen LogP contribution in [0, 0.1) is 6.92 Å². The van der Waals surface area contributed by atoms with Crippen molar-refractivity contribution in [3.63, 3.8) is 0 Å². The fourth-order valence-corrected chi connectivity index (χ4v) is 3.44. The Labute approximate surface area is 178 Å². The molecule has 3 aromatic carbocycles. The Morgan fingerprint density at radius 1 is 1.00 bits per heavy atom. The number of thioether (sulfide) groups is 1. The van der Waals surface area contributed by atoms with Gasteiger partial charge in [-0.3, -0.25) is 4.79 Å². The van der Waals surface area contributed by atoms with Gasteiger partial charge in [-0.05, 0) is 71.4 Å². The number of amides is 1. The summed E-state index contributed by atoms with van der Waals surface area (Å²) in [6, 6.07) is 24.6. The van der Waals surface area contributed by atoms with Crippen LogP contribution < -0.4 is 10.1 Å². The average Bonchev–Trinajstić information content (AvgIpc) is 3.23. The van der Waals surface area contributed by atoms with Crippen LogP contribution in [0.5, 0.6) is 11.5 Å². The minimum Gasteiger partial charge on any atom is -0.457 e. The number of rotatable bonds is 7. The number of tetrazole rings is 1. The highest BCUT2D eigenvalue weighted by atomic mass is 32.2. The lowest BCUT2D eigenvalue weighted by Gasteiger charge is -2.08. The van der Waals surface area contributed by atoms with Gasteiger partial charge in [-0.25, -0.2) is 0 Å². The molecular formula is C22H19N5O2S. The summed E-state index contributed by atoms with van der Waals surface area (Å²) in [5, 5.41) is 15.1. The standard InChI is InChI=1S/C22H19N5O2S/c1-16-6-5-9-20(14-16)29-19-12-10-17(11-13-19)23-21(28)15-30-22-24-25-26-27(22)18-7-3-2-4-8-18/h2-14H,15H2,1H3,(H,23,28). The maximum Gasteiger partial charge on any atom is 0.234 e. The van der Waals surface area contributed by atoms with Crippen molar-refractivity contribution in [2.45, 2.75) is 12.1 Å². The lowest BCUT2D eigenvalue weighted by Crippen LogP contribution is -2.14. The highest BCUT2D eigenvalue weighted by molar-refractivity contribution is 7.99. The van der Waals surface area contributed by atoms with Gasteiger partial charge in [0.05, 0.1) is 11.4 Å². The number of aryl methyl sites for hydroxylation is 1. The molecule has 0 aliphatic rings. The van der Waals surface area contributed by atoms with Crippen molar-refractivity contribution in [2.24, 2.45) is 0 Å². The first-order valence-electron chi connectivity index (χ1n) is 9.28. The summed E-state index contributed by atoms with van der Waals surface area (Å²) in [4.78, 5) is 12.3. The number of ether oxygens (including phenoxy) is 1. The second kappa shape index (κ2) is 9.23. The van der Waals surface area contributed by atoms with E-state index in [4.69, 9.17) is 4.74 Å². The molecule has 1 heterocycles. The smallest absolute Gasteiger partial charge is 0.234 e. The molecule has 0 saturated heterocycles. The van der Waals surface area contributed by atoms with E-state index in [1.807, 2.05) is 85.8 Å². The fraction of sp³-hybridized carbons (Fsp3) is 0.0909. The van der Waals surface area contributed by atoms with Crippen LogP contribution in [0.15, 0.2) is 84.0 Å². The molecule has 4 rings (SSSR count). The van der Waals surface area contributed by atoms with Crippen molar-refractivity contribution in [3.05, 3.63) is 84.4 Å². The molecule has 4 aromatic rings. The van der Waals surface area contributed by atoms with Gasteiger partial charge < -0.3 is 10.1 Å². The Balaban J connectivity index is 1.32. The largest absolute Gasteiger partial charge is 0.457 e. The predicted molar refractivity (Wildman–Crippen MR) is 116 cm³/mol. The average molecular weight is 417 g/mol. The topological polar surface area (TPSA) is 81.9 Å². The first-order chi connectivity index (χ1) is 14.7. The second-order valence-corrected chi connectivity index (χ2v) is 7.43. The van der Waals surface area contributed by atoms with Crippen LogP contribution in [0.25, 0.3) is 5.69 Å². The van der Waals surface area contributed by atoms with Crippen LogP contribution in [0.1, 0.15) is 5.56 Å². The van der Waals surface area contributed by atoms with E-state index in [0.29, 0.717) is 16.6 Å². The van der Waals surface area contributed by atoms with Crippen molar-refractivity contribution in [1.82, 2.24) is 20.2 Å². The van der Waals surface area contributed by atoms with Crippen LogP contribution in [0.4, 0.5) is 5.69 Å². The summed E-state index contributed by atoms with van der Waals surface area (Å²) in [7, 11) is 0. The van der Waals surface area contributed by atoms with Gasteiger partial charge in [-0.1, -0.05) is 42.1 Å². The molecule has 0 fully saturated rings. The first kappa shape index (κ1) is 19.7. The van der Waals surface area contributed by atoms with Crippen molar-refractivity contribution >= 4 is 23.4 Å². The lowest BCUT2D eigenvalue weighted by atomic mass is 10.2. The number of aromatic nitrogens is 4. The van der Waals surface area contributed by atoms with Gasteiger partial charge in [0.2, 0.25) is 11.1 Å². The molecule has 1 amide bonds. The molecular weight excluding hydrogens is 398 g/mol. The predicted octanol–water partition coefficient (Wildman–Crippen LogP) is 4.49. The highest BCUT2D eigenvalue weighted by Crippen LogP contribution is 2.24. The van der Waals surface area contributed by atoms with Crippen molar-refractivity contribution < 1.29 is 9.53 Å². The summed E-state index contributed by atoms with van der Waals surface area (Å²) >= 11 is 1.27. The molecule has 0 saturated carbocycles. The second-order valence-electron chi connectivity index (χ2n) is 6.49. The van der Waals surface area contributed by atoms with E-state index in [1.165, 1.54) is 11.8 Å². The molecule has 0 spiro atoms. The molecule has 1 N–H and O–H groups in total. The minimum atomic E-state index is -0.144. The number of carbonyl (C=O) groups is 1. The molecule has 0 atom stereocenters. The van der Waals surface area contributed by atoms with Crippen LogP contribution >= 0.6 is 11.8 Å². The molecule has 8 heteroatoms. The Bertz CT molecular complexity index is 1130. The van der Waals surface area contributed by atoms with Gasteiger partial charge in [-0.15, -0.1) is 5.10 Å². The number of anilines is 1. The molecule has 30 heavy (non-hydrogen) atoms. The molecule has 7 nitrogen and oxygen atoms in total. The maximum atomic E-state index is 12.3. The number of hydrogen-bond acceptors (Lipinski definition) is 6. The number of para-hydroxylation sites is 1. The van der Waals surface area contributed by atoms with E-state index in [0.717, 1.165) is 17.0 Å². The number of hydrogen-bond donors (Lipinski definition) is 1. The van der Waals surface area contributed by atoms with Crippen LogP contribution in [-0.4, -0.2) is 31.9 Å². The highest BCUT2D eigenvalue weighted by Gasteiger charge is 2.11. The third kappa shape index (κ3) is 5.03. The van der Waals surface area contributed by atoms with E-state index in [9.17, 15) is 4.79 Å². The van der Waals surface area contributed by atoms with E-state index < -0.39 is 0 Å². The summed E-state index contributed by atoms with van der Waals surface area (Å²) in [5.41, 5.74) is 2.67. The summed E-state index contributed by atoms with van der Waals surface area (Å²) in [6.45, 7) is 2.02. The van der Waals surface area contributed by atoms with Crippen LogP contribution in [0.3, 0.4) is 0 Å². The molecule has 150 valence electrons. The molecule has 0 bridgehead atoms. The summed E-state index contributed by atoms with van der Waals surface area (Å²) in [6.07, 6.45) is 0. The summed E-state index contributed by atoms with van der Waals surface area (Å²) in [5.74, 6) is 1.53. The monoisotopic (exact) mass is 417 g/mol. The van der Waals surface area contributed by atoms with Gasteiger partial charge in [0.25, 0.3) is 0 Å². The molecule has 0 aliphatic carbocycles. The van der Waals surface area contributed by atoms with E-state index >= 15 is 0 Å². The number of benzene rings is 3. The normalized spacial score (nSPS) is 10.6. The third-order valence-corrected chi connectivity index (χ3v) is 5.06. The van der Waals surface area contributed by atoms with Gasteiger partial charge in [0, 0.05) is 5.69 Å². The Kier molecular flexibility index (Phi) is 6.05. The van der Waals surface area contributed by atoms with E-state index in [1.54, 1.807) is 4.68 Å². The Morgan fingerprint density at radius 3 is 2.57 bits per heavy atom. The van der Waals surface area contributed by atoms with Crippen molar-refractivity contribution in [2.75, 3.05) is 11.1 Å². The van der Waals surface area contributed by atoms with Crippen LogP contribution in [-0.2, 0) is 4.79 Å². The lowest BCUT2D eigenvalue weighted by molar-refractivity contribution is -0.113. The van der Waals surface area contributed by atoms with Gasteiger partial charge in [0.1, 0.15) is 11.5 Å². The molecule has 0 aliphatic heterocycles. The van der Waals surface area contributed by atoms with Gasteiger partial charge in [-0.2, -0.15) is 4.68 Å². The Hall–Kier alpha value is -3.65. The van der Waals surface area contributed by atoms with Crippen molar-refractivity contribution in [1.29, 1.82) is 0 Å². The number of nitrogens with zero attached hydrogens (tertiary/aromatic N) is 4. The molecule has 0 unspecified atom stereocenters. The van der Waals surface area contributed by atoms with Gasteiger partial charge >= 0.3 is 0 Å². The quantitative estimate of drug-likeness (QED) is 0.446. The zero-order valence-electron chi connectivity index (χ0n) is 16.2. The fourth-order valence-electron chi connectivity index (χ4n) is 2.75. The maximum absolute atomic E-state index is 12.3. The first-order valence-corrected chi connectivity index (χ1v) is 10.3.